The Kier molecular flexibility index (Phi) is 21.5. The second kappa shape index (κ2) is 21.8. The molecule has 1 N–H and O–H groups in total. The summed E-state index contributed by atoms with van der Waals surface area (Å²) < 4.78 is 35.2. The second-order valence-corrected chi connectivity index (χ2v) is 9.87. The summed E-state index contributed by atoms with van der Waals surface area (Å²) in [5.74, 6) is 0.0609. The van der Waals surface area contributed by atoms with Gasteiger partial charge in [0.25, 0.3) is 0 Å². The van der Waals surface area contributed by atoms with E-state index < -0.39 is 10.4 Å². The van der Waals surface area contributed by atoms with Crippen LogP contribution in [0.15, 0.2) is 12.2 Å². The van der Waals surface area contributed by atoms with E-state index in [-0.39, 0.29) is 12.5 Å². The number of hydrogen-bond donors (Lipinski definition) is 1. The monoisotopic (exact) mass is 446 g/mol. The van der Waals surface area contributed by atoms with Crippen molar-refractivity contribution in [1.82, 2.24) is 0 Å². The minimum atomic E-state index is -4.35. The molecule has 0 aromatic rings. The summed E-state index contributed by atoms with van der Waals surface area (Å²) in [6, 6.07) is 0. The van der Waals surface area contributed by atoms with E-state index >= 15 is 0 Å². The van der Waals surface area contributed by atoms with E-state index in [1.807, 2.05) is 0 Å². The Hall–Kier alpha value is -0.390. The van der Waals surface area contributed by atoms with Crippen LogP contribution in [-0.4, -0.2) is 19.6 Å². The lowest BCUT2D eigenvalue weighted by atomic mass is 9.99. The molecule has 0 aromatic heterocycles. The van der Waals surface area contributed by atoms with Gasteiger partial charge >= 0.3 is 10.4 Å². The van der Waals surface area contributed by atoms with E-state index in [1.54, 1.807) is 0 Å². The zero-order valence-electron chi connectivity index (χ0n) is 20.0. The molecule has 0 saturated carbocycles. The lowest BCUT2D eigenvalue weighted by molar-refractivity contribution is 0.234. The molecule has 4 nitrogen and oxygen atoms in total. The summed E-state index contributed by atoms with van der Waals surface area (Å²) >= 11 is 0. The van der Waals surface area contributed by atoms with Crippen molar-refractivity contribution >= 4 is 10.4 Å². The normalized spacial score (nSPS) is 13.3. The highest BCUT2D eigenvalue weighted by atomic mass is 32.3. The maximum atomic E-state index is 10.9. The van der Waals surface area contributed by atoms with Crippen LogP contribution in [0.25, 0.3) is 0 Å². The van der Waals surface area contributed by atoms with Gasteiger partial charge in [0.1, 0.15) is 0 Å². The van der Waals surface area contributed by atoms with Gasteiger partial charge in [-0.25, -0.2) is 4.18 Å². The van der Waals surface area contributed by atoms with Gasteiger partial charge in [-0.3, -0.25) is 4.55 Å². The molecule has 0 fully saturated rings. The van der Waals surface area contributed by atoms with Gasteiger partial charge in [-0.15, -0.1) is 0 Å². The molecule has 0 heterocycles. The molecule has 0 aliphatic rings. The van der Waals surface area contributed by atoms with Crippen molar-refractivity contribution in [3.63, 3.8) is 0 Å². The van der Waals surface area contributed by atoms with Gasteiger partial charge in [0, 0.05) is 5.92 Å². The van der Waals surface area contributed by atoms with Gasteiger partial charge in [-0.2, -0.15) is 8.42 Å². The molecule has 5 heteroatoms. The average molecular weight is 447 g/mol. The number of allylic oxidation sites excluding steroid dienone is 1. The Morgan fingerprint density at radius 2 is 1.13 bits per heavy atom. The summed E-state index contributed by atoms with van der Waals surface area (Å²) in [7, 11) is -4.35. The Morgan fingerprint density at radius 1 is 0.700 bits per heavy atom. The van der Waals surface area contributed by atoms with Gasteiger partial charge in [0.15, 0.2) is 0 Å². The number of unbranched alkanes of at least 4 members (excludes halogenated alkanes) is 16. The zero-order valence-corrected chi connectivity index (χ0v) is 20.8. The van der Waals surface area contributed by atoms with Crippen LogP contribution in [0.5, 0.6) is 0 Å². The first-order valence-corrected chi connectivity index (χ1v) is 14.1. The molecule has 0 aromatic carbocycles. The highest BCUT2D eigenvalue weighted by molar-refractivity contribution is 7.80. The molecular formula is C25H50O4S. The van der Waals surface area contributed by atoms with E-state index in [1.165, 1.54) is 103 Å². The molecule has 180 valence electrons. The number of hydrogen-bond acceptors (Lipinski definition) is 3. The zero-order chi connectivity index (χ0) is 22.3. The molecule has 30 heavy (non-hydrogen) atoms. The Morgan fingerprint density at radius 3 is 1.60 bits per heavy atom. The minimum absolute atomic E-state index is 0.0442. The third-order valence-electron chi connectivity index (χ3n) is 5.74. The van der Waals surface area contributed by atoms with Crippen molar-refractivity contribution in [2.45, 2.75) is 136 Å². The first kappa shape index (κ1) is 29.6. The molecule has 0 saturated heterocycles. The average Bonchev–Trinajstić information content (AvgIpc) is 2.70. The van der Waals surface area contributed by atoms with Gasteiger partial charge in [0.05, 0.1) is 6.61 Å². The fourth-order valence-electron chi connectivity index (χ4n) is 3.81. The Bertz CT molecular complexity index is 474. The van der Waals surface area contributed by atoms with Crippen LogP contribution in [0, 0.1) is 5.92 Å². The van der Waals surface area contributed by atoms with Gasteiger partial charge in [0.2, 0.25) is 0 Å². The van der Waals surface area contributed by atoms with Crippen LogP contribution in [0.4, 0.5) is 0 Å². The van der Waals surface area contributed by atoms with Crippen LogP contribution >= 0.6 is 0 Å². The van der Waals surface area contributed by atoms with Crippen molar-refractivity contribution < 1.29 is 17.2 Å². The second-order valence-electron chi connectivity index (χ2n) is 8.78. The molecular weight excluding hydrogens is 396 g/mol. The maximum absolute atomic E-state index is 10.9. The van der Waals surface area contributed by atoms with E-state index in [9.17, 15) is 8.42 Å². The van der Waals surface area contributed by atoms with E-state index in [4.69, 9.17) is 4.55 Å². The van der Waals surface area contributed by atoms with Crippen LogP contribution < -0.4 is 0 Å². The van der Waals surface area contributed by atoms with Crippen molar-refractivity contribution in [2.24, 2.45) is 5.92 Å². The van der Waals surface area contributed by atoms with E-state index in [0.29, 0.717) is 0 Å². The molecule has 0 spiro atoms. The van der Waals surface area contributed by atoms with Gasteiger partial charge in [-0.05, 0) is 19.3 Å². The maximum Gasteiger partial charge on any atom is 0.397 e. The number of rotatable bonds is 23. The van der Waals surface area contributed by atoms with E-state index in [0.717, 1.165) is 19.3 Å². The van der Waals surface area contributed by atoms with Crippen LogP contribution in [-0.2, 0) is 14.6 Å². The van der Waals surface area contributed by atoms with Crippen molar-refractivity contribution in [3.8, 4) is 0 Å². The van der Waals surface area contributed by atoms with Gasteiger partial charge in [-0.1, -0.05) is 129 Å². The van der Waals surface area contributed by atoms with Crippen LogP contribution in [0.2, 0.25) is 0 Å². The van der Waals surface area contributed by atoms with Crippen LogP contribution in [0.3, 0.4) is 0 Å². The predicted molar refractivity (Wildman–Crippen MR) is 129 cm³/mol. The van der Waals surface area contributed by atoms with Gasteiger partial charge < -0.3 is 0 Å². The molecule has 1 unspecified atom stereocenters. The Labute approximate surface area is 188 Å². The standard InChI is InChI=1S/C25H50O4S/c1-3-5-7-9-11-12-13-14-15-16-17-19-21-23-25(24-29-30(26,27)28)22-20-18-10-8-6-4-2/h20,22,25H,3-19,21,23-24H2,1-2H3,(H,26,27,28)/b22-20+. The van der Waals surface area contributed by atoms with Crippen molar-refractivity contribution in [1.29, 1.82) is 0 Å². The molecule has 0 radical (unpaired) electrons. The highest BCUT2D eigenvalue weighted by Crippen LogP contribution is 2.17. The molecule has 0 aliphatic heterocycles. The fraction of sp³-hybridized carbons (Fsp3) is 0.920. The smallest absolute Gasteiger partial charge is 0.264 e. The summed E-state index contributed by atoms with van der Waals surface area (Å²) in [5.41, 5.74) is 0. The van der Waals surface area contributed by atoms with Crippen molar-refractivity contribution in [2.75, 3.05) is 6.61 Å². The predicted octanol–water partition coefficient (Wildman–Crippen LogP) is 8.43. The quantitative estimate of drug-likeness (QED) is 0.0971. The molecule has 0 amide bonds. The first-order valence-electron chi connectivity index (χ1n) is 12.8. The van der Waals surface area contributed by atoms with Crippen LogP contribution in [0.1, 0.15) is 136 Å². The SMILES string of the molecule is CCCCCC/C=C/C(CCCCCCCCCCCCCCC)COS(=O)(=O)O. The largest absolute Gasteiger partial charge is 0.397 e. The molecule has 0 bridgehead atoms. The minimum Gasteiger partial charge on any atom is -0.264 e. The molecule has 0 aliphatic carbocycles. The topological polar surface area (TPSA) is 63.6 Å². The summed E-state index contributed by atoms with van der Waals surface area (Å²) in [6.07, 6.45) is 28.3. The summed E-state index contributed by atoms with van der Waals surface area (Å²) in [5, 5.41) is 0. The van der Waals surface area contributed by atoms with Crippen molar-refractivity contribution in [3.05, 3.63) is 12.2 Å². The van der Waals surface area contributed by atoms with E-state index in [2.05, 4.69) is 30.2 Å². The fourth-order valence-corrected chi connectivity index (χ4v) is 4.16. The first-order chi connectivity index (χ1) is 14.5. The summed E-state index contributed by atoms with van der Waals surface area (Å²) in [6.45, 7) is 4.51. The summed E-state index contributed by atoms with van der Waals surface area (Å²) in [4.78, 5) is 0. The third-order valence-corrected chi connectivity index (χ3v) is 6.18. The highest BCUT2D eigenvalue weighted by Gasteiger charge is 2.11. The Balaban J connectivity index is 3.78. The molecule has 0 rings (SSSR count). The lowest BCUT2D eigenvalue weighted by Crippen LogP contribution is -2.12. The third kappa shape index (κ3) is 23.9. The lowest BCUT2D eigenvalue weighted by Gasteiger charge is -2.12. The molecule has 1 atom stereocenters.